The van der Waals surface area contributed by atoms with Gasteiger partial charge in [0.05, 0.1) is 6.61 Å². The summed E-state index contributed by atoms with van der Waals surface area (Å²) in [5.74, 6) is 0.226. The zero-order valence-electron chi connectivity index (χ0n) is 9.85. The average Bonchev–Trinajstić information content (AvgIpc) is 2.94. The first kappa shape index (κ1) is 12.3. The highest BCUT2D eigenvalue weighted by Gasteiger charge is 2.44. The number of halogens is 1. The fraction of sp³-hybridized carbons (Fsp3) is 0.455. The molecule has 102 valence electrons. The van der Waals surface area contributed by atoms with Crippen LogP contribution in [-0.2, 0) is 4.74 Å². The van der Waals surface area contributed by atoms with Crippen LogP contribution in [0.15, 0.2) is 18.6 Å². The Bertz CT molecular complexity index is 605. The third-order valence-electron chi connectivity index (χ3n) is 3.27. The minimum atomic E-state index is -1.61. The Hall–Kier alpha value is -1.77. The van der Waals surface area contributed by atoms with Crippen LogP contribution in [0.2, 0.25) is 0 Å². The summed E-state index contributed by atoms with van der Waals surface area (Å²) in [6.07, 6.45) is -1.96. The summed E-state index contributed by atoms with van der Waals surface area (Å²) in [6.45, 7) is -0.437. The Kier molecular flexibility index (Phi) is 2.85. The second kappa shape index (κ2) is 4.41. The van der Waals surface area contributed by atoms with Crippen LogP contribution in [0.1, 0.15) is 11.7 Å². The molecule has 8 heteroatoms. The van der Waals surface area contributed by atoms with Crippen molar-refractivity contribution in [1.82, 2.24) is 14.4 Å². The Morgan fingerprint density at radius 1 is 1.47 bits per heavy atom. The molecule has 1 saturated heterocycles. The minimum Gasteiger partial charge on any atom is -0.394 e. The zero-order valence-corrected chi connectivity index (χ0v) is 9.85. The highest BCUT2D eigenvalue weighted by atomic mass is 19.1. The first-order valence-corrected chi connectivity index (χ1v) is 5.78. The quantitative estimate of drug-likeness (QED) is 0.674. The maximum atomic E-state index is 14.0. The lowest BCUT2D eigenvalue weighted by molar-refractivity contribution is -0.0225. The number of nitrogens with zero attached hydrogens (tertiary/aromatic N) is 3. The molecule has 0 aliphatic carbocycles. The molecule has 3 heterocycles. The van der Waals surface area contributed by atoms with Crippen molar-refractivity contribution in [3.8, 4) is 0 Å². The molecule has 1 aliphatic heterocycles. The molecule has 1 aliphatic rings. The predicted octanol–water partition coefficient (Wildman–Crippen LogP) is -0.557. The van der Waals surface area contributed by atoms with E-state index >= 15 is 0 Å². The molecule has 0 spiro atoms. The molecule has 3 rings (SSSR count). The Morgan fingerprint density at radius 2 is 2.26 bits per heavy atom. The number of hydrogen-bond acceptors (Lipinski definition) is 6. The van der Waals surface area contributed by atoms with E-state index in [4.69, 9.17) is 15.6 Å². The van der Waals surface area contributed by atoms with Gasteiger partial charge in [0.25, 0.3) is 0 Å². The van der Waals surface area contributed by atoms with Crippen molar-refractivity contribution in [2.75, 3.05) is 12.3 Å². The molecule has 19 heavy (non-hydrogen) atoms. The fourth-order valence-electron chi connectivity index (χ4n) is 2.26. The van der Waals surface area contributed by atoms with E-state index in [2.05, 4.69) is 9.97 Å². The second-order valence-corrected chi connectivity index (χ2v) is 4.45. The third-order valence-corrected chi connectivity index (χ3v) is 3.27. The predicted molar refractivity (Wildman–Crippen MR) is 63.0 cm³/mol. The van der Waals surface area contributed by atoms with Crippen molar-refractivity contribution in [2.24, 2.45) is 0 Å². The first-order valence-electron chi connectivity index (χ1n) is 5.78. The first-order chi connectivity index (χ1) is 9.11. The van der Waals surface area contributed by atoms with E-state index in [0.29, 0.717) is 11.2 Å². The Morgan fingerprint density at radius 3 is 2.89 bits per heavy atom. The van der Waals surface area contributed by atoms with Gasteiger partial charge in [0.1, 0.15) is 30.3 Å². The molecule has 0 amide bonds. The fourth-order valence-corrected chi connectivity index (χ4v) is 2.26. The van der Waals surface area contributed by atoms with Gasteiger partial charge in [0.15, 0.2) is 6.17 Å². The van der Waals surface area contributed by atoms with Crippen LogP contribution < -0.4 is 5.73 Å². The van der Waals surface area contributed by atoms with Crippen LogP contribution >= 0.6 is 0 Å². The SMILES string of the molecule is Nc1ncnc2cc([C@@H]3O[C@H](CO)[C@@H](O)[C@H]3F)cn12. The monoisotopic (exact) mass is 268 g/mol. The smallest absolute Gasteiger partial charge is 0.207 e. The summed E-state index contributed by atoms with van der Waals surface area (Å²) in [6, 6.07) is 1.61. The van der Waals surface area contributed by atoms with Gasteiger partial charge in [-0.1, -0.05) is 0 Å². The number of ether oxygens (including phenoxy) is 1. The highest BCUT2D eigenvalue weighted by molar-refractivity contribution is 5.47. The van der Waals surface area contributed by atoms with Crippen molar-refractivity contribution in [2.45, 2.75) is 24.5 Å². The zero-order chi connectivity index (χ0) is 13.6. The molecule has 2 aromatic heterocycles. The minimum absolute atomic E-state index is 0.226. The number of nitrogens with two attached hydrogens (primary N) is 1. The average molecular weight is 268 g/mol. The molecule has 0 radical (unpaired) electrons. The summed E-state index contributed by atoms with van der Waals surface area (Å²) >= 11 is 0. The molecule has 0 saturated carbocycles. The lowest BCUT2D eigenvalue weighted by Gasteiger charge is -2.10. The number of nitrogen functional groups attached to an aromatic ring is 1. The largest absolute Gasteiger partial charge is 0.394 e. The van der Waals surface area contributed by atoms with Gasteiger partial charge in [0, 0.05) is 11.8 Å². The molecular formula is C11H13FN4O3. The van der Waals surface area contributed by atoms with E-state index in [0.717, 1.165) is 0 Å². The molecule has 2 aromatic rings. The van der Waals surface area contributed by atoms with E-state index in [9.17, 15) is 9.50 Å². The van der Waals surface area contributed by atoms with Crippen molar-refractivity contribution in [1.29, 1.82) is 0 Å². The van der Waals surface area contributed by atoms with E-state index in [1.807, 2.05) is 0 Å². The molecule has 0 unspecified atom stereocenters. The van der Waals surface area contributed by atoms with Gasteiger partial charge in [0.2, 0.25) is 5.95 Å². The summed E-state index contributed by atoms with van der Waals surface area (Å²) in [5.41, 5.74) is 6.68. The second-order valence-electron chi connectivity index (χ2n) is 4.45. The van der Waals surface area contributed by atoms with E-state index < -0.39 is 31.1 Å². The van der Waals surface area contributed by atoms with Gasteiger partial charge in [-0.25, -0.2) is 14.4 Å². The third kappa shape index (κ3) is 1.84. The Labute approximate surface area is 107 Å². The van der Waals surface area contributed by atoms with Gasteiger partial charge in [-0.15, -0.1) is 0 Å². The number of aliphatic hydroxyl groups excluding tert-OH is 2. The topological polar surface area (TPSA) is 106 Å². The van der Waals surface area contributed by atoms with Crippen LogP contribution in [0, 0.1) is 0 Å². The van der Waals surface area contributed by atoms with E-state index in [1.165, 1.54) is 10.7 Å². The number of hydrogen-bond donors (Lipinski definition) is 3. The van der Waals surface area contributed by atoms with Crippen molar-refractivity contribution < 1.29 is 19.3 Å². The molecule has 4 atom stereocenters. The van der Waals surface area contributed by atoms with Crippen molar-refractivity contribution in [3.05, 3.63) is 24.2 Å². The highest BCUT2D eigenvalue weighted by Crippen LogP contribution is 2.36. The number of aromatic nitrogens is 3. The van der Waals surface area contributed by atoms with Gasteiger partial charge >= 0.3 is 0 Å². The van der Waals surface area contributed by atoms with Gasteiger partial charge in [-0.05, 0) is 6.07 Å². The maximum Gasteiger partial charge on any atom is 0.207 e. The summed E-state index contributed by atoms with van der Waals surface area (Å²) in [5, 5.41) is 18.6. The summed E-state index contributed by atoms with van der Waals surface area (Å²) in [7, 11) is 0. The van der Waals surface area contributed by atoms with Crippen LogP contribution in [-0.4, -0.2) is 49.6 Å². The number of fused-ring (bicyclic) bond motifs is 1. The van der Waals surface area contributed by atoms with Crippen LogP contribution in [0.25, 0.3) is 5.65 Å². The number of aliphatic hydroxyl groups is 2. The summed E-state index contributed by atoms with van der Waals surface area (Å²) in [4.78, 5) is 7.82. The maximum absolute atomic E-state index is 14.0. The van der Waals surface area contributed by atoms with Gasteiger partial charge in [-0.2, -0.15) is 0 Å². The van der Waals surface area contributed by atoms with Gasteiger partial charge in [-0.3, -0.25) is 4.40 Å². The lowest BCUT2D eigenvalue weighted by Crippen LogP contribution is -2.30. The molecule has 4 N–H and O–H groups in total. The number of alkyl halides is 1. The number of anilines is 1. The van der Waals surface area contributed by atoms with E-state index in [-0.39, 0.29) is 5.95 Å². The number of rotatable bonds is 2. The lowest BCUT2D eigenvalue weighted by atomic mass is 10.1. The van der Waals surface area contributed by atoms with Crippen LogP contribution in [0.3, 0.4) is 0 Å². The molecule has 1 fully saturated rings. The van der Waals surface area contributed by atoms with Crippen LogP contribution in [0.5, 0.6) is 0 Å². The summed E-state index contributed by atoms with van der Waals surface area (Å²) < 4.78 is 20.8. The Balaban J connectivity index is 1.99. The van der Waals surface area contributed by atoms with E-state index in [1.54, 1.807) is 12.3 Å². The molecule has 0 aromatic carbocycles. The van der Waals surface area contributed by atoms with Crippen molar-refractivity contribution in [3.63, 3.8) is 0 Å². The normalized spacial score (nSPS) is 31.1. The van der Waals surface area contributed by atoms with Crippen LogP contribution in [0.4, 0.5) is 10.3 Å². The van der Waals surface area contributed by atoms with Crippen molar-refractivity contribution >= 4 is 11.6 Å². The molecule has 7 nitrogen and oxygen atoms in total. The standard InChI is InChI=1S/C11H13FN4O3/c12-8-9(18)6(3-17)19-10(8)5-1-7-14-4-15-11(13)16(7)2-5/h1-2,4,6,8-10,17-18H,3H2,(H2,13,14,15)/t6-,8-,9-,10+/m1/s1. The molecular weight excluding hydrogens is 255 g/mol. The molecule has 0 bridgehead atoms. The van der Waals surface area contributed by atoms with Gasteiger partial charge < -0.3 is 20.7 Å².